The van der Waals surface area contributed by atoms with Gasteiger partial charge < -0.3 is 5.11 Å². The fourth-order valence-electron chi connectivity index (χ4n) is 3.92. The molecule has 0 amide bonds. The summed E-state index contributed by atoms with van der Waals surface area (Å²) in [5.41, 5.74) is -0.381. The summed E-state index contributed by atoms with van der Waals surface area (Å²) in [5.74, 6) is 0.264. The van der Waals surface area contributed by atoms with Gasteiger partial charge in [0.1, 0.15) is 0 Å². The predicted molar refractivity (Wildman–Crippen MR) is 89.5 cm³/mol. The molecule has 1 fully saturated rings. The fraction of sp³-hybridized carbons (Fsp3) is 0.947. The largest absolute Gasteiger partial charge is 0.481 e. The molecule has 0 aromatic rings. The van der Waals surface area contributed by atoms with E-state index in [4.69, 9.17) is 0 Å². The summed E-state index contributed by atoms with van der Waals surface area (Å²) in [6.07, 6.45) is 16.5. The van der Waals surface area contributed by atoms with Crippen LogP contribution in [0.3, 0.4) is 0 Å². The molecule has 1 saturated carbocycles. The monoisotopic (exact) mass is 296 g/mol. The van der Waals surface area contributed by atoms with Gasteiger partial charge in [-0.1, -0.05) is 71.6 Å². The van der Waals surface area contributed by atoms with Crippen molar-refractivity contribution in [1.29, 1.82) is 0 Å². The molecular weight excluding hydrogens is 260 g/mol. The number of rotatable bonds is 11. The third-order valence-corrected chi connectivity index (χ3v) is 5.47. The molecule has 21 heavy (non-hydrogen) atoms. The van der Waals surface area contributed by atoms with E-state index < -0.39 is 5.97 Å². The quantitative estimate of drug-likeness (QED) is 0.462. The van der Waals surface area contributed by atoms with Crippen LogP contribution in [0.15, 0.2) is 0 Å². The molecule has 0 bridgehead atoms. The van der Waals surface area contributed by atoms with Gasteiger partial charge in [0, 0.05) is 0 Å². The zero-order valence-electron chi connectivity index (χ0n) is 14.3. The van der Waals surface area contributed by atoms with E-state index in [0.29, 0.717) is 0 Å². The molecule has 1 aliphatic carbocycles. The van der Waals surface area contributed by atoms with Crippen LogP contribution in [-0.4, -0.2) is 11.1 Å². The summed E-state index contributed by atoms with van der Waals surface area (Å²) in [6, 6.07) is 0. The van der Waals surface area contributed by atoms with Crippen molar-refractivity contribution in [2.45, 2.75) is 104 Å². The van der Waals surface area contributed by atoms with E-state index in [9.17, 15) is 9.90 Å². The van der Waals surface area contributed by atoms with Crippen LogP contribution >= 0.6 is 0 Å². The maximum Gasteiger partial charge on any atom is 0.309 e. The summed E-state index contributed by atoms with van der Waals surface area (Å²) >= 11 is 0. The first-order valence-corrected chi connectivity index (χ1v) is 9.38. The lowest BCUT2D eigenvalue weighted by atomic mass is 9.67. The Morgan fingerprint density at radius 1 is 0.952 bits per heavy atom. The number of carboxylic acids is 1. The van der Waals surface area contributed by atoms with Gasteiger partial charge in [0.05, 0.1) is 5.41 Å². The van der Waals surface area contributed by atoms with Crippen molar-refractivity contribution in [3.8, 4) is 0 Å². The number of unbranched alkanes of at least 4 members (excludes halogenated alkanes) is 6. The number of hydrogen-bond donors (Lipinski definition) is 1. The third-order valence-electron chi connectivity index (χ3n) is 5.47. The zero-order valence-corrected chi connectivity index (χ0v) is 14.3. The van der Waals surface area contributed by atoms with E-state index in [1.807, 2.05) is 0 Å². The Hall–Kier alpha value is -0.530. The smallest absolute Gasteiger partial charge is 0.309 e. The van der Waals surface area contributed by atoms with Gasteiger partial charge in [-0.15, -0.1) is 0 Å². The van der Waals surface area contributed by atoms with Crippen LogP contribution in [0.1, 0.15) is 104 Å². The van der Waals surface area contributed by atoms with Crippen molar-refractivity contribution in [2.75, 3.05) is 0 Å². The molecule has 0 spiro atoms. The molecular formula is C19H36O2. The molecule has 1 aliphatic rings. The lowest BCUT2D eigenvalue weighted by Crippen LogP contribution is -2.35. The van der Waals surface area contributed by atoms with Crippen molar-refractivity contribution in [3.63, 3.8) is 0 Å². The fourth-order valence-corrected chi connectivity index (χ4v) is 3.92. The highest BCUT2D eigenvalue weighted by atomic mass is 16.4. The van der Waals surface area contributed by atoms with E-state index in [-0.39, 0.29) is 5.41 Å². The normalized spacial score (nSPS) is 25.9. The lowest BCUT2D eigenvalue weighted by Gasteiger charge is -2.37. The van der Waals surface area contributed by atoms with Gasteiger partial charge in [0.2, 0.25) is 0 Å². The van der Waals surface area contributed by atoms with Crippen LogP contribution in [0.2, 0.25) is 0 Å². The molecule has 0 radical (unpaired) electrons. The van der Waals surface area contributed by atoms with E-state index in [0.717, 1.165) is 44.4 Å². The van der Waals surface area contributed by atoms with E-state index in [1.165, 1.54) is 51.4 Å². The second-order valence-electron chi connectivity index (χ2n) is 7.19. The Kier molecular flexibility index (Phi) is 9.03. The van der Waals surface area contributed by atoms with Crippen LogP contribution in [0.5, 0.6) is 0 Å². The molecule has 124 valence electrons. The molecule has 2 nitrogen and oxygen atoms in total. The van der Waals surface area contributed by atoms with Gasteiger partial charge in [0.15, 0.2) is 0 Å². The van der Waals surface area contributed by atoms with Crippen LogP contribution < -0.4 is 0 Å². The average Bonchev–Trinajstić information content (AvgIpc) is 2.48. The first kappa shape index (κ1) is 18.5. The van der Waals surface area contributed by atoms with Gasteiger partial charge in [-0.25, -0.2) is 0 Å². The highest BCUT2D eigenvalue weighted by Crippen LogP contribution is 2.44. The standard InChI is InChI=1S/C19H36O2/c1-3-5-6-7-8-9-10-14-19(18(20)21)15-12-17(11-4-2)13-16-19/h17H,3-16H2,1-2H3,(H,20,21). The molecule has 0 aromatic heterocycles. The summed E-state index contributed by atoms with van der Waals surface area (Å²) in [6.45, 7) is 4.48. The third kappa shape index (κ3) is 6.40. The molecule has 0 heterocycles. The van der Waals surface area contributed by atoms with Gasteiger partial charge >= 0.3 is 5.97 Å². The molecule has 1 rings (SSSR count). The number of hydrogen-bond acceptors (Lipinski definition) is 1. The van der Waals surface area contributed by atoms with Gasteiger partial charge in [0.25, 0.3) is 0 Å². The average molecular weight is 296 g/mol. The Labute approximate surface area is 131 Å². The maximum atomic E-state index is 11.7. The summed E-state index contributed by atoms with van der Waals surface area (Å²) < 4.78 is 0. The van der Waals surface area contributed by atoms with Crippen LogP contribution in [0, 0.1) is 11.3 Å². The lowest BCUT2D eigenvalue weighted by molar-refractivity contribution is -0.152. The minimum absolute atomic E-state index is 0.381. The molecule has 0 saturated heterocycles. The highest BCUT2D eigenvalue weighted by Gasteiger charge is 2.40. The van der Waals surface area contributed by atoms with E-state index in [2.05, 4.69) is 13.8 Å². The molecule has 0 aromatic carbocycles. The Morgan fingerprint density at radius 3 is 2.05 bits per heavy atom. The number of aliphatic carboxylic acids is 1. The van der Waals surface area contributed by atoms with Gasteiger partial charge in [-0.2, -0.15) is 0 Å². The topological polar surface area (TPSA) is 37.3 Å². The van der Waals surface area contributed by atoms with Gasteiger partial charge in [-0.05, 0) is 38.0 Å². The Bertz CT molecular complexity index is 277. The summed E-state index contributed by atoms with van der Waals surface area (Å²) in [7, 11) is 0. The van der Waals surface area contributed by atoms with Crippen LogP contribution in [0.25, 0.3) is 0 Å². The minimum atomic E-state index is -0.525. The molecule has 0 aliphatic heterocycles. The van der Waals surface area contributed by atoms with Gasteiger partial charge in [-0.3, -0.25) is 4.79 Å². The molecule has 1 N–H and O–H groups in total. The predicted octanol–water partition coefficient (Wildman–Crippen LogP) is 6.19. The van der Waals surface area contributed by atoms with Crippen LogP contribution in [-0.2, 0) is 4.79 Å². The van der Waals surface area contributed by atoms with Crippen LogP contribution in [0.4, 0.5) is 0 Å². The zero-order chi connectivity index (χ0) is 15.6. The van der Waals surface area contributed by atoms with Crippen molar-refractivity contribution in [3.05, 3.63) is 0 Å². The molecule has 0 unspecified atom stereocenters. The number of carbonyl (C=O) groups is 1. The first-order chi connectivity index (χ1) is 10.1. The second kappa shape index (κ2) is 10.2. The van der Waals surface area contributed by atoms with Crippen molar-refractivity contribution >= 4 is 5.97 Å². The van der Waals surface area contributed by atoms with E-state index >= 15 is 0 Å². The highest BCUT2D eigenvalue weighted by molar-refractivity contribution is 5.74. The number of carboxylic acid groups (broad SMARTS) is 1. The van der Waals surface area contributed by atoms with Crippen molar-refractivity contribution in [1.82, 2.24) is 0 Å². The Balaban J connectivity index is 2.26. The molecule has 2 heteroatoms. The molecule has 0 atom stereocenters. The Morgan fingerprint density at radius 2 is 1.52 bits per heavy atom. The minimum Gasteiger partial charge on any atom is -0.481 e. The van der Waals surface area contributed by atoms with E-state index in [1.54, 1.807) is 0 Å². The summed E-state index contributed by atoms with van der Waals surface area (Å²) in [4.78, 5) is 11.7. The SMILES string of the molecule is CCCCCCCCCC1(C(=O)O)CCC(CCC)CC1. The first-order valence-electron chi connectivity index (χ1n) is 9.38. The second-order valence-corrected chi connectivity index (χ2v) is 7.19. The van der Waals surface area contributed by atoms with Crippen molar-refractivity contribution in [2.24, 2.45) is 11.3 Å². The maximum absolute atomic E-state index is 11.7. The van der Waals surface area contributed by atoms with Crippen molar-refractivity contribution < 1.29 is 9.90 Å². The summed E-state index contributed by atoms with van der Waals surface area (Å²) in [5, 5.41) is 9.68.